The molecule has 1 amide bonds. The van der Waals surface area contributed by atoms with Crippen molar-refractivity contribution in [3.05, 3.63) is 23.8 Å². The number of benzene rings is 1. The monoisotopic (exact) mass is 290 g/mol. The van der Waals surface area contributed by atoms with Gasteiger partial charge in [0.25, 0.3) is 5.91 Å². The summed E-state index contributed by atoms with van der Waals surface area (Å²) in [5, 5.41) is 2.44. The van der Waals surface area contributed by atoms with Crippen LogP contribution in [0, 0.1) is 0 Å². The molecule has 1 unspecified atom stereocenters. The minimum absolute atomic E-state index is 0.127. The van der Waals surface area contributed by atoms with Gasteiger partial charge in [0.1, 0.15) is 6.10 Å². The van der Waals surface area contributed by atoms with Crippen LogP contribution in [0.4, 0.5) is 24.5 Å². The molecule has 0 fully saturated rings. The van der Waals surface area contributed by atoms with Gasteiger partial charge in [-0.3, -0.25) is 4.79 Å². The number of nitrogen functional groups attached to an aromatic ring is 1. The number of amides is 1. The van der Waals surface area contributed by atoms with Crippen molar-refractivity contribution in [3.8, 4) is 0 Å². The number of carbonyl (C=O) groups excluding carboxylic acids is 1. The second-order valence-electron chi connectivity index (χ2n) is 4.62. The zero-order valence-electron chi connectivity index (χ0n) is 11.4. The summed E-state index contributed by atoms with van der Waals surface area (Å²) in [5.41, 5.74) is 4.63. The van der Waals surface area contributed by atoms with E-state index in [0.717, 1.165) is 18.2 Å². The molecular weight excluding hydrogens is 273 g/mol. The summed E-state index contributed by atoms with van der Waals surface area (Å²) in [4.78, 5) is 11.8. The van der Waals surface area contributed by atoms with Gasteiger partial charge in [0.2, 0.25) is 0 Å². The summed E-state index contributed by atoms with van der Waals surface area (Å²) in [6, 6.07) is 2.77. The van der Waals surface area contributed by atoms with E-state index in [2.05, 4.69) is 5.32 Å². The van der Waals surface area contributed by atoms with Gasteiger partial charge in [-0.1, -0.05) is 0 Å². The van der Waals surface area contributed by atoms with Gasteiger partial charge in [0.15, 0.2) is 0 Å². The zero-order chi connectivity index (χ0) is 15.5. The van der Waals surface area contributed by atoms with Crippen molar-refractivity contribution in [2.45, 2.75) is 39.2 Å². The third-order valence-electron chi connectivity index (χ3n) is 2.48. The number of nitrogens with one attached hydrogen (secondary N) is 1. The molecular formula is C13H17F3N2O2. The lowest BCUT2D eigenvalue weighted by Crippen LogP contribution is -2.30. The molecule has 0 heterocycles. The van der Waals surface area contributed by atoms with Crippen LogP contribution in [0.3, 0.4) is 0 Å². The number of alkyl halides is 3. The number of ether oxygens (including phenoxy) is 1. The SMILES string of the molecule is CC(C)OC(C)C(=O)Nc1ccc(C(F)(F)F)cc1N. The molecule has 4 nitrogen and oxygen atoms in total. The van der Waals surface area contributed by atoms with Crippen LogP contribution in [0.15, 0.2) is 18.2 Å². The first-order valence-electron chi connectivity index (χ1n) is 6.04. The Labute approximate surface area is 115 Å². The van der Waals surface area contributed by atoms with Gasteiger partial charge in [-0.2, -0.15) is 13.2 Å². The Morgan fingerprint density at radius 1 is 1.30 bits per heavy atom. The first-order valence-corrected chi connectivity index (χ1v) is 6.04. The van der Waals surface area contributed by atoms with Crippen LogP contribution in [0.1, 0.15) is 26.3 Å². The second-order valence-corrected chi connectivity index (χ2v) is 4.62. The van der Waals surface area contributed by atoms with E-state index in [1.807, 2.05) is 0 Å². The molecule has 20 heavy (non-hydrogen) atoms. The average molecular weight is 290 g/mol. The third kappa shape index (κ3) is 4.41. The number of rotatable bonds is 4. The molecule has 112 valence electrons. The maximum absolute atomic E-state index is 12.5. The highest BCUT2D eigenvalue weighted by atomic mass is 19.4. The average Bonchev–Trinajstić information content (AvgIpc) is 2.29. The Balaban J connectivity index is 2.81. The second kappa shape index (κ2) is 6.13. The molecule has 0 aliphatic heterocycles. The van der Waals surface area contributed by atoms with Gasteiger partial charge in [0.05, 0.1) is 23.0 Å². The molecule has 0 aliphatic rings. The van der Waals surface area contributed by atoms with Gasteiger partial charge in [-0.25, -0.2) is 0 Å². The third-order valence-corrected chi connectivity index (χ3v) is 2.48. The lowest BCUT2D eigenvalue weighted by atomic mass is 10.1. The van der Waals surface area contributed by atoms with Crippen molar-refractivity contribution in [3.63, 3.8) is 0 Å². The van der Waals surface area contributed by atoms with E-state index in [4.69, 9.17) is 10.5 Å². The van der Waals surface area contributed by atoms with Crippen molar-refractivity contribution >= 4 is 17.3 Å². The molecule has 0 saturated heterocycles. The van der Waals surface area contributed by atoms with E-state index in [9.17, 15) is 18.0 Å². The predicted octanol–water partition coefficient (Wildman–Crippen LogP) is 3.04. The van der Waals surface area contributed by atoms with Crippen LogP contribution in [0.5, 0.6) is 0 Å². The number of nitrogens with two attached hydrogens (primary N) is 1. The van der Waals surface area contributed by atoms with E-state index < -0.39 is 23.8 Å². The Morgan fingerprint density at radius 2 is 1.90 bits per heavy atom. The van der Waals surface area contributed by atoms with Gasteiger partial charge in [-0.05, 0) is 39.0 Å². The summed E-state index contributed by atoms with van der Waals surface area (Å²) in [5.74, 6) is -0.467. The fourth-order valence-corrected chi connectivity index (χ4v) is 1.56. The Kier molecular flexibility index (Phi) is 4.99. The molecule has 1 rings (SSSR count). The fourth-order valence-electron chi connectivity index (χ4n) is 1.56. The topological polar surface area (TPSA) is 64.3 Å². The quantitative estimate of drug-likeness (QED) is 0.838. The van der Waals surface area contributed by atoms with Crippen LogP contribution in [-0.4, -0.2) is 18.1 Å². The largest absolute Gasteiger partial charge is 0.416 e. The van der Waals surface area contributed by atoms with Crippen molar-refractivity contribution < 1.29 is 22.7 Å². The Hall–Kier alpha value is -1.76. The Bertz CT molecular complexity index is 487. The molecule has 1 aromatic rings. The zero-order valence-corrected chi connectivity index (χ0v) is 11.4. The number of halogens is 3. The molecule has 0 aromatic heterocycles. The highest BCUT2D eigenvalue weighted by Crippen LogP contribution is 2.32. The summed E-state index contributed by atoms with van der Waals surface area (Å²) in [7, 11) is 0. The number of hydrogen-bond donors (Lipinski definition) is 2. The first kappa shape index (κ1) is 16.3. The lowest BCUT2D eigenvalue weighted by Gasteiger charge is -2.17. The minimum atomic E-state index is -4.47. The standard InChI is InChI=1S/C13H17F3N2O2/c1-7(2)20-8(3)12(19)18-11-5-4-9(6-10(11)17)13(14,15)16/h4-8H,17H2,1-3H3,(H,18,19). The summed E-state index contributed by atoms with van der Waals surface area (Å²) < 4.78 is 42.7. The van der Waals surface area contributed by atoms with Gasteiger partial charge in [-0.15, -0.1) is 0 Å². The molecule has 0 aliphatic carbocycles. The normalized spacial score (nSPS) is 13.3. The van der Waals surface area contributed by atoms with Crippen LogP contribution >= 0.6 is 0 Å². The molecule has 1 atom stereocenters. The minimum Gasteiger partial charge on any atom is -0.397 e. The molecule has 0 spiro atoms. The van der Waals surface area contributed by atoms with E-state index in [1.54, 1.807) is 20.8 Å². The van der Waals surface area contributed by atoms with Crippen molar-refractivity contribution in [1.82, 2.24) is 0 Å². The van der Waals surface area contributed by atoms with Crippen molar-refractivity contribution in [2.24, 2.45) is 0 Å². The smallest absolute Gasteiger partial charge is 0.397 e. The highest BCUT2D eigenvalue weighted by molar-refractivity contribution is 5.96. The van der Waals surface area contributed by atoms with E-state index in [1.165, 1.54) is 0 Å². The molecule has 0 saturated carbocycles. The summed E-state index contributed by atoms with van der Waals surface area (Å²) in [6.45, 7) is 5.10. The number of hydrogen-bond acceptors (Lipinski definition) is 3. The van der Waals surface area contributed by atoms with E-state index >= 15 is 0 Å². The number of carbonyl (C=O) groups is 1. The van der Waals surface area contributed by atoms with Gasteiger partial charge >= 0.3 is 6.18 Å². The summed E-state index contributed by atoms with van der Waals surface area (Å²) in [6.07, 6.45) is -5.33. The Morgan fingerprint density at radius 3 is 2.35 bits per heavy atom. The molecule has 7 heteroatoms. The maximum Gasteiger partial charge on any atom is 0.416 e. The molecule has 3 N–H and O–H groups in total. The van der Waals surface area contributed by atoms with E-state index in [-0.39, 0.29) is 17.5 Å². The van der Waals surface area contributed by atoms with Crippen LogP contribution in [0.2, 0.25) is 0 Å². The van der Waals surface area contributed by atoms with Gasteiger partial charge in [0, 0.05) is 0 Å². The molecule has 1 aromatic carbocycles. The predicted molar refractivity (Wildman–Crippen MR) is 70.2 cm³/mol. The van der Waals surface area contributed by atoms with Crippen LogP contribution in [-0.2, 0) is 15.7 Å². The first-order chi connectivity index (χ1) is 9.11. The van der Waals surface area contributed by atoms with Crippen LogP contribution < -0.4 is 11.1 Å². The van der Waals surface area contributed by atoms with Gasteiger partial charge < -0.3 is 15.8 Å². The van der Waals surface area contributed by atoms with Crippen molar-refractivity contribution in [1.29, 1.82) is 0 Å². The van der Waals surface area contributed by atoms with Crippen molar-refractivity contribution in [2.75, 3.05) is 11.1 Å². The number of anilines is 2. The molecule has 0 bridgehead atoms. The van der Waals surface area contributed by atoms with Crippen LogP contribution in [0.25, 0.3) is 0 Å². The van der Waals surface area contributed by atoms with E-state index in [0.29, 0.717) is 0 Å². The lowest BCUT2D eigenvalue weighted by molar-refractivity contribution is -0.137. The fraction of sp³-hybridized carbons (Fsp3) is 0.462. The maximum atomic E-state index is 12.5. The molecule has 0 radical (unpaired) electrons. The summed E-state index contributed by atoms with van der Waals surface area (Å²) >= 11 is 0. The highest BCUT2D eigenvalue weighted by Gasteiger charge is 2.31.